The fraction of sp³-hybridized carbons (Fsp3) is 0.0667. The van der Waals surface area contributed by atoms with Crippen molar-refractivity contribution in [2.24, 2.45) is 11.5 Å². The van der Waals surface area contributed by atoms with Gasteiger partial charge in [-0.2, -0.15) is 0 Å². The first kappa shape index (κ1) is 14.5. The Hall–Kier alpha value is -2.89. The molecule has 6 heteroatoms. The molecule has 0 bridgehead atoms. The fourth-order valence-corrected chi connectivity index (χ4v) is 1.68. The number of rotatable bonds is 5. The summed E-state index contributed by atoms with van der Waals surface area (Å²) in [5, 5.41) is 0. The lowest BCUT2D eigenvalue weighted by atomic mass is 10.1. The number of hydrogen-bond donors (Lipinski definition) is 2. The Balaban J connectivity index is 2.10. The highest BCUT2D eigenvalue weighted by molar-refractivity contribution is 5.70. The van der Waals surface area contributed by atoms with Crippen molar-refractivity contribution in [1.82, 2.24) is 4.98 Å². The van der Waals surface area contributed by atoms with Crippen LogP contribution in [0.4, 0.5) is 4.39 Å². The smallest absolute Gasteiger partial charge is 0.200 e. The number of nitrogens with two attached hydrogens (primary N) is 2. The van der Waals surface area contributed by atoms with Gasteiger partial charge in [0, 0.05) is 17.0 Å². The zero-order chi connectivity index (χ0) is 15.2. The van der Waals surface area contributed by atoms with Crippen molar-refractivity contribution < 1.29 is 13.6 Å². The molecule has 0 atom stereocenters. The summed E-state index contributed by atoms with van der Waals surface area (Å²) >= 11 is 0. The van der Waals surface area contributed by atoms with Gasteiger partial charge in [0.1, 0.15) is 17.8 Å². The van der Waals surface area contributed by atoms with E-state index < -0.39 is 5.82 Å². The molecular weight excluding hydrogens is 273 g/mol. The third-order valence-corrected chi connectivity index (χ3v) is 2.71. The van der Waals surface area contributed by atoms with Crippen LogP contribution < -0.4 is 11.5 Å². The van der Waals surface area contributed by atoms with Crippen LogP contribution in [0.2, 0.25) is 0 Å². The molecule has 4 N–H and O–H groups in total. The largest absolute Gasteiger partial charge is 0.448 e. The van der Waals surface area contributed by atoms with Crippen LogP contribution in [-0.2, 0) is 6.42 Å². The molecule has 0 saturated heterocycles. The van der Waals surface area contributed by atoms with Crippen LogP contribution in [0.3, 0.4) is 0 Å². The Bertz CT molecular complexity index is 704. The number of carbonyl (C=O) groups excluding carboxylic acids is 1. The maximum atomic E-state index is 13.5. The van der Waals surface area contributed by atoms with Gasteiger partial charge in [-0.1, -0.05) is 12.1 Å². The van der Waals surface area contributed by atoms with Crippen molar-refractivity contribution in [1.29, 1.82) is 0 Å². The second-order valence-corrected chi connectivity index (χ2v) is 4.30. The normalized spacial score (nSPS) is 12.4. The molecule has 1 aromatic carbocycles. The first-order valence-electron chi connectivity index (χ1n) is 6.16. The van der Waals surface area contributed by atoms with Crippen LogP contribution >= 0.6 is 0 Å². The summed E-state index contributed by atoms with van der Waals surface area (Å²) in [6.07, 6.45) is 5.13. The third-order valence-electron chi connectivity index (χ3n) is 2.71. The molecule has 0 saturated carbocycles. The molecule has 0 radical (unpaired) electrons. The lowest BCUT2D eigenvalue weighted by Gasteiger charge is -2.02. The molecule has 5 nitrogen and oxygen atoms in total. The van der Waals surface area contributed by atoms with Gasteiger partial charge in [0.15, 0.2) is 6.29 Å². The van der Waals surface area contributed by atoms with Gasteiger partial charge in [0.05, 0.1) is 6.42 Å². The van der Waals surface area contributed by atoms with Gasteiger partial charge >= 0.3 is 0 Å². The molecular formula is C15H14FN3O2. The number of allylic oxidation sites excluding steroid dienone is 3. The second-order valence-electron chi connectivity index (χ2n) is 4.30. The molecule has 0 aliphatic carbocycles. The van der Waals surface area contributed by atoms with E-state index in [4.69, 9.17) is 15.9 Å². The van der Waals surface area contributed by atoms with Gasteiger partial charge in [-0.05, 0) is 24.3 Å². The monoisotopic (exact) mass is 287 g/mol. The average Bonchev–Trinajstić information content (AvgIpc) is 2.93. The summed E-state index contributed by atoms with van der Waals surface area (Å²) in [7, 11) is 0. The van der Waals surface area contributed by atoms with Gasteiger partial charge in [-0.15, -0.1) is 0 Å². The van der Waals surface area contributed by atoms with E-state index in [2.05, 4.69) is 4.98 Å². The quantitative estimate of drug-likeness (QED) is 0.648. The maximum Gasteiger partial charge on any atom is 0.200 e. The molecule has 0 amide bonds. The summed E-state index contributed by atoms with van der Waals surface area (Å²) in [4.78, 5) is 14.4. The van der Waals surface area contributed by atoms with Crippen LogP contribution in [-0.4, -0.2) is 11.3 Å². The summed E-state index contributed by atoms with van der Waals surface area (Å²) < 4.78 is 18.6. The first-order valence-corrected chi connectivity index (χ1v) is 6.16. The molecule has 1 aromatic heterocycles. The molecule has 0 spiro atoms. The van der Waals surface area contributed by atoms with E-state index >= 15 is 0 Å². The molecule has 0 unspecified atom stereocenters. The van der Waals surface area contributed by atoms with Crippen LogP contribution in [0.25, 0.3) is 5.70 Å². The zero-order valence-corrected chi connectivity index (χ0v) is 11.1. The Morgan fingerprint density at radius 3 is 2.71 bits per heavy atom. The molecule has 0 aliphatic heterocycles. The second kappa shape index (κ2) is 6.51. The predicted molar refractivity (Wildman–Crippen MR) is 76.4 cm³/mol. The molecule has 2 rings (SSSR count). The van der Waals surface area contributed by atoms with Crippen molar-refractivity contribution in [3.05, 3.63) is 71.3 Å². The minimum Gasteiger partial charge on any atom is -0.448 e. The number of nitrogens with zero attached hydrogens (tertiary/aromatic N) is 1. The molecule has 2 aromatic rings. The maximum absolute atomic E-state index is 13.5. The van der Waals surface area contributed by atoms with E-state index in [0.29, 0.717) is 23.4 Å². The van der Waals surface area contributed by atoms with E-state index in [9.17, 15) is 9.18 Å². The van der Waals surface area contributed by atoms with Crippen molar-refractivity contribution in [3.63, 3.8) is 0 Å². The van der Waals surface area contributed by atoms with Crippen molar-refractivity contribution in [2.75, 3.05) is 0 Å². The van der Waals surface area contributed by atoms with E-state index in [1.807, 2.05) is 0 Å². The minimum atomic E-state index is -0.401. The fourth-order valence-electron chi connectivity index (χ4n) is 1.68. The number of benzene rings is 1. The number of hydrogen-bond acceptors (Lipinski definition) is 5. The van der Waals surface area contributed by atoms with Crippen LogP contribution in [0.1, 0.15) is 21.9 Å². The van der Waals surface area contributed by atoms with Crippen molar-refractivity contribution >= 4 is 12.0 Å². The van der Waals surface area contributed by atoms with Crippen molar-refractivity contribution in [2.45, 2.75) is 6.42 Å². The molecule has 0 aliphatic rings. The molecule has 108 valence electrons. The van der Waals surface area contributed by atoms with Crippen molar-refractivity contribution in [3.8, 4) is 0 Å². The summed E-state index contributed by atoms with van der Waals surface area (Å²) in [6.45, 7) is 0. The number of halogens is 1. The summed E-state index contributed by atoms with van der Waals surface area (Å²) in [5.41, 5.74) is 12.8. The van der Waals surface area contributed by atoms with Crippen LogP contribution in [0, 0.1) is 5.82 Å². The number of aromatic nitrogens is 1. The molecule has 1 heterocycles. The SMILES string of the molecule is N/C(=C\C=C(/N)c1ccccc1F)Cc1nc(C=O)co1. The highest BCUT2D eigenvalue weighted by atomic mass is 19.1. The molecule has 0 fully saturated rings. The third kappa shape index (κ3) is 3.79. The predicted octanol–water partition coefficient (Wildman–Crippen LogP) is 2.01. The minimum absolute atomic E-state index is 0.208. The Labute approximate surface area is 120 Å². The van der Waals surface area contributed by atoms with Crippen LogP contribution in [0.15, 0.2) is 52.8 Å². The van der Waals surface area contributed by atoms with E-state index in [-0.39, 0.29) is 17.8 Å². The Morgan fingerprint density at radius 2 is 2.05 bits per heavy atom. The lowest BCUT2D eigenvalue weighted by molar-refractivity contribution is 0.111. The lowest BCUT2D eigenvalue weighted by Crippen LogP contribution is -2.03. The van der Waals surface area contributed by atoms with E-state index in [1.165, 1.54) is 18.4 Å². The molecule has 21 heavy (non-hydrogen) atoms. The van der Waals surface area contributed by atoms with Gasteiger partial charge in [0.2, 0.25) is 5.89 Å². The highest BCUT2D eigenvalue weighted by Crippen LogP contribution is 2.13. The topological polar surface area (TPSA) is 95.1 Å². The number of carbonyl (C=O) groups is 1. The van der Waals surface area contributed by atoms with Gasteiger partial charge in [0.25, 0.3) is 0 Å². The number of oxazole rings is 1. The van der Waals surface area contributed by atoms with Crippen LogP contribution in [0.5, 0.6) is 0 Å². The Kier molecular flexibility index (Phi) is 4.50. The van der Waals surface area contributed by atoms with Gasteiger partial charge < -0.3 is 15.9 Å². The highest BCUT2D eigenvalue weighted by Gasteiger charge is 2.05. The number of aldehydes is 1. The van der Waals surface area contributed by atoms with E-state index in [0.717, 1.165) is 0 Å². The standard InChI is InChI=1S/C15H14FN3O2/c16-13-4-2-1-3-12(13)14(18)6-5-10(17)7-15-19-11(8-20)9-21-15/h1-6,8-9H,7,17-18H2/b10-5-,14-6-. The Morgan fingerprint density at radius 1 is 1.29 bits per heavy atom. The summed E-state index contributed by atoms with van der Waals surface area (Å²) in [5.74, 6) is -0.0785. The van der Waals surface area contributed by atoms with Gasteiger partial charge in [-0.25, -0.2) is 9.37 Å². The zero-order valence-electron chi connectivity index (χ0n) is 11.1. The average molecular weight is 287 g/mol. The summed E-state index contributed by atoms with van der Waals surface area (Å²) in [6, 6.07) is 6.19. The first-order chi connectivity index (χ1) is 10.1. The van der Waals surface area contributed by atoms with Gasteiger partial charge in [-0.3, -0.25) is 4.79 Å². The van der Waals surface area contributed by atoms with E-state index in [1.54, 1.807) is 24.3 Å².